The highest BCUT2D eigenvalue weighted by Gasteiger charge is 2.26. The van der Waals surface area contributed by atoms with Gasteiger partial charge in [0.1, 0.15) is 0 Å². The van der Waals surface area contributed by atoms with Crippen LogP contribution in [-0.4, -0.2) is 23.0 Å². The molecule has 1 saturated carbocycles. The summed E-state index contributed by atoms with van der Waals surface area (Å²) in [5.74, 6) is -0.932. The van der Waals surface area contributed by atoms with E-state index < -0.39 is 5.97 Å². The topological polar surface area (TPSA) is 66.4 Å². The zero-order valence-electron chi connectivity index (χ0n) is 11.1. The van der Waals surface area contributed by atoms with Gasteiger partial charge in [0.15, 0.2) is 0 Å². The molecule has 0 radical (unpaired) electrons. The van der Waals surface area contributed by atoms with Crippen molar-refractivity contribution in [1.82, 2.24) is 5.32 Å². The van der Waals surface area contributed by atoms with E-state index in [4.69, 9.17) is 5.11 Å². The molecular weight excluding hydrogens is 369 g/mol. The summed E-state index contributed by atoms with van der Waals surface area (Å²) in [4.78, 5) is 22.8. The fourth-order valence-electron chi connectivity index (χ4n) is 2.60. The second kappa shape index (κ2) is 7.06. The average Bonchev–Trinajstić information content (AvgIpc) is 2.39. The van der Waals surface area contributed by atoms with Crippen LogP contribution in [0.3, 0.4) is 0 Å². The first-order chi connectivity index (χ1) is 9.54. The first-order valence-corrected chi connectivity index (χ1v) is 7.89. The molecule has 2 rings (SSSR count). The van der Waals surface area contributed by atoms with Gasteiger partial charge in [-0.1, -0.05) is 12.1 Å². The zero-order chi connectivity index (χ0) is 14.5. The van der Waals surface area contributed by atoms with E-state index in [9.17, 15) is 9.59 Å². The van der Waals surface area contributed by atoms with Gasteiger partial charge < -0.3 is 10.4 Å². The molecule has 0 saturated heterocycles. The SMILES string of the molecule is O=C(Cc1cccc(I)c1)NC1CCC(C(=O)O)CC1. The summed E-state index contributed by atoms with van der Waals surface area (Å²) >= 11 is 2.23. The van der Waals surface area contributed by atoms with E-state index in [0.29, 0.717) is 19.3 Å². The number of carbonyl (C=O) groups excluding carboxylic acids is 1. The monoisotopic (exact) mass is 387 g/mol. The Morgan fingerprint density at radius 3 is 2.55 bits per heavy atom. The minimum absolute atomic E-state index is 0.0192. The Morgan fingerprint density at radius 2 is 1.95 bits per heavy atom. The maximum absolute atomic E-state index is 12.0. The van der Waals surface area contributed by atoms with Crippen LogP contribution in [0, 0.1) is 9.49 Å². The predicted octanol–water partition coefficient (Wildman–Crippen LogP) is 2.59. The number of halogens is 1. The molecule has 5 heteroatoms. The van der Waals surface area contributed by atoms with Gasteiger partial charge in [-0.3, -0.25) is 9.59 Å². The maximum Gasteiger partial charge on any atom is 0.306 e. The van der Waals surface area contributed by atoms with Crippen molar-refractivity contribution in [1.29, 1.82) is 0 Å². The second-order valence-electron chi connectivity index (χ2n) is 5.26. The Labute approximate surface area is 132 Å². The van der Waals surface area contributed by atoms with Crippen LogP contribution in [0.25, 0.3) is 0 Å². The van der Waals surface area contributed by atoms with Crippen molar-refractivity contribution in [3.8, 4) is 0 Å². The molecule has 0 bridgehead atoms. The van der Waals surface area contributed by atoms with Crippen LogP contribution in [0.15, 0.2) is 24.3 Å². The number of carboxylic acid groups (broad SMARTS) is 1. The van der Waals surface area contributed by atoms with Gasteiger partial charge in [0.25, 0.3) is 0 Å². The molecule has 20 heavy (non-hydrogen) atoms. The van der Waals surface area contributed by atoms with E-state index in [-0.39, 0.29) is 17.9 Å². The van der Waals surface area contributed by atoms with Crippen LogP contribution < -0.4 is 5.32 Å². The number of hydrogen-bond acceptors (Lipinski definition) is 2. The highest BCUT2D eigenvalue weighted by atomic mass is 127. The number of benzene rings is 1. The number of carboxylic acids is 1. The molecule has 0 spiro atoms. The smallest absolute Gasteiger partial charge is 0.306 e. The molecule has 0 aromatic heterocycles. The normalized spacial score (nSPS) is 22.2. The molecule has 1 aliphatic carbocycles. The highest BCUT2D eigenvalue weighted by molar-refractivity contribution is 14.1. The number of carbonyl (C=O) groups is 2. The first-order valence-electron chi connectivity index (χ1n) is 6.81. The largest absolute Gasteiger partial charge is 0.481 e. The summed E-state index contributed by atoms with van der Waals surface area (Å²) < 4.78 is 1.12. The first kappa shape index (κ1) is 15.3. The Balaban J connectivity index is 1.80. The second-order valence-corrected chi connectivity index (χ2v) is 6.51. The Morgan fingerprint density at radius 1 is 1.25 bits per heavy atom. The summed E-state index contributed by atoms with van der Waals surface area (Å²) in [6.07, 6.45) is 3.22. The van der Waals surface area contributed by atoms with Crippen LogP contribution in [0.2, 0.25) is 0 Å². The molecule has 1 aliphatic rings. The van der Waals surface area contributed by atoms with Gasteiger partial charge in [0, 0.05) is 9.61 Å². The predicted molar refractivity (Wildman–Crippen MR) is 84.4 cm³/mol. The number of nitrogens with one attached hydrogen (secondary N) is 1. The molecule has 1 fully saturated rings. The summed E-state index contributed by atoms with van der Waals surface area (Å²) in [5.41, 5.74) is 1.01. The van der Waals surface area contributed by atoms with Crippen molar-refractivity contribution >= 4 is 34.5 Å². The lowest BCUT2D eigenvalue weighted by Gasteiger charge is -2.26. The van der Waals surface area contributed by atoms with E-state index in [2.05, 4.69) is 27.9 Å². The van der Waals surface area contributed by atoms with Crippen LogP contribution in [0.4, 0.5) is 0 Å². The van der Waals surface area contributed by atoms with Gasteiger partial charge >= 0.3 is 5.97 Å². The van der Waals surface area contributed by atoms with Crippen molar-refractivity contribution in [3.05, 3.63) is 33.4 Å². The van der Waals surface area contributed by atoms with Gasteiger partial charge in [0.2, 0.25) is 5.91 Å². The average molecular weight is 387 g/mol. The van der Waals surface area contributed by atoms with Crippen LogP contribution in [-0.2, 0) is 16.0 Å². The van der Waals surface area contributed by atoms with E-state index >= 15 is 0 Å². The standard InChI is InChI=1S/C15H18INO3/c16-12-3-1-2-10(8-12)9-14(18)17-13-6-4-11(5-7-13)15(19)20/h1-3,8,11,13H,4-7,9H2,(H,17,18)(H,19,20). The number of aliphatic carboxylic acids is 1. The van der Waals surface area contributed by atoms with E-state index in [1.807, 2.05) is 24.3 Å². The van der Waals surface area contributed by atoms with E-state index in [0.717, 1.165) is 22.0 Å². The molecule has 4 nitrogen and oxygen atoms in total. The molecule has 108 valence electrons. The number of hydrogen-bond donors (Lipinski definition) is 2. The molecular formula is C15H18INO3. The van der Waals surface area contributed by atoms with Gasteiger partial charge in [-0.2, -0.15) is 0 Å². The molecule has 0 aliphatic heterocycles. The third-order valence-electron chi connectivity index (χ3n) is 3.70. The van der Waals surface area contributed by atoms with Gasteiger partial charge in [0.05, 0.1) is 12.3 Å². The van der Waals surface area contributed by atoms with Crippen LogP contribution in [0.1, 0.15) is 31.2 Å². The third kappa shape index (κ3) is 4.47. The fraction of sp³-hybridized carbons (Fsp3) is 0.467. The quantitative estimate of drug-likeness (QED) is 0.781. The molecule has 0 heterocycles. The molecule has 1 aromatic carbocycles. The Kier molecular flexibility index (Phi) is 5.39. The third-order valence-corrected chi connectivity index (χ3v) is 4.37. The maximum atomic E-state index is 12.0. The fourth-order valence-corrected chi connectivity index (χ4v) is 3.20. The lowest BCUT2D eigenvalue weighted by Crippen LogP contribution is -2.39. The van der Waals surface area contributed by atoms with Crippen molar-refractivity contribution in [2.45, 2.75) is 38.1 Å². The molecule has 2 N–H and O–H groups in total. The molecule has 0 unspecified atom stereocenters. The van der Waals surface area contributed by atoms with E-state index in [1.165, 1.54) is 0 Å². The molecule has 0 atom stereocenters. The van der Waals surface area contributed by atoms with Crippen molar-refractivity contribution in [2.24, 2.45) is 5.92 Å². The zero-order valence-corrected chi connectivity index (χ0v) is 13.3. The van der Waals surface area contributed by atoms with Crippen LogP contribution >= 0.6 is 22.6 Å². The number of rotatable bonds is 4. The minimum Gasteiger partial charge on any atom is -0.481 e. The molecule has 1 aromatic rings. The summed E-state index contributed by atoms with van der Waals surface area (Å²) in [5, 5.41) is 12.0. The van der Waals surface area contributed by atoms with Gasteiger partial charge in [-0.05, 0) is 66.0 Å². The van der Waals surface area contributed by atoms with Crippen molar-refractivity contribution < 1.29 is 14.7 Å². The summed E-state index contributed by atoms with van der Waals surface area (Å²) in [6.45, 7) is 0. The van der Waals surface area contributed by atoms with E-state index in [1.54, 1.807) is 0 Å². The van der Waals surface area contributed by atoms with Gasteiger partial charge in [-0.25, -0.2) is 0 Å². The minimum atomic E-state index is -0.714. The lowest BCUT2D eigenvalue weighted by atomic mass is 9.86. The Bertz CT molecular complexity index is 496. The summed E-state index contributed by atoms with van der Waals surface area (Å²) in [7, 11) is 0. The Hall–Kier alpha value is -1.11. The lowest BCUT2D eigenvalue weighted by molar-refractivity contribution is -0.142. The van der Waals surface area contributed by atoms with Crippen LogP contribution in [0.5, 0.6) is 0 Å². The highest BCUT2D eigenvalue weighted by Crippen LogP contribution is 2.24. The number of amides is 1. The molecule has 1 amide bonds. The summed E-state index contributed by atoms with van der Waals surface area (Å²) in [6, 6.07) is 8.02. The van der Waals surface area contributed by atoms with Crippen molar-refractivity contribution in [3.63, 3.8) is 0 Å². The van der Waals surface area contributed by atoms with Crippen molar-refractivity contribution in [2.75, 3.05) is 0 Å². The van der Waals surface area contributed by atoms with Gasteiger partial charge in [-0.15, -0.1) is 0 Å².